The number of halogens is 1. The second-order valence-corrected chi connectivity index (χ2v) is 7.81. The lowest BCUT2D eigenvalue weighted by atomic mass is 9.98. The zero-order chi connectivity index (χ0) is 19.5. The largest absolute Gasteiger partial charge is 0.370 e. The van der Waals surface area contributed by atoms with E-state index in [-0.39, 0.29) is 17.8 Å². The maximum absolute atomic E-state index is 13.2. The highest BCUT2D eigenvalue weighted by Gasteiger charge is 2.29. The first-order valence-corrected chi connectivity index (χ1v) is 10.2. The summed E-state index contributed by atoms with van der Waals surface area (Å²) >= 11 is 0. The van der Waals surface area contributed by atoms with E-state index in [2.05, 4.69) is 34.1 Å². The summed E-state index contributed by atoms with van der Waals surface area (Å²) in [6, 6.07) is 15.1. The first kappa shape index (κ1) is 18.9. The third kappa shape index (κ3) is 4.04. The van der Waals surface area contributed by atoms with Gasteiger partial charge in [-0.2, -0.15) is 0 Å². The van der Waals surface area contributed by atoms with Crippen LogP contribution in [0.3, 0.4) is 0 Å². The summed E-state index contributed by atoms with van der Waals surface area (Å²) in [5.41, 5.74) is 3.77. The normalized spacial score (nSPS) is 19.1. The minimum Gasteiger partial charge on any atom is -0.370 e. The van der Waals surface area contributed by atoms with Crippen LogP contribution in [0.25, 0.3) is 0 Å². The molecular formula is C23H28FN3O. The molecule has 1 amide bonds. The van der Waals surface area contributed by atoms with Gasteiger partial charge in [-0.15, -0.1) is 0 Å². The van der Waals surface area contributed by atoms with Crippen LogP contribution in [-0.2, 0) is 17.8 Å². The molecule has 4 nitrogen and oxygen atoms in total. The second-order valence-electron chi connectivity index (χ2n) is 7.81. The third-order valence-electron chi connectivity index (χ3n) is 6.06. The lowest BCUT2D eigenvalue weighted by Crippen LogP contribution is -2.49. The van der Waals surface area contributed by atoms with E-state index in [9.17, 15) is 9.18 Å². The van der Waals surface area contributed by atoms with Crippen LogP contribution in [0.2, 0.25) is 0 Å². The molecule has 28 heavy (non-hydrogen) atoms. The molecule has 0 saturated carbocycles. The minimum absolute atomic E-state index is 0.106. The van der Waals surface area contributed by atoms with Crippen LogP contribution in [0, 0.1) is 5.82 Å². The molecule has 4 rings (SSSR count). The van der Waals surface area contributed by atoms with E-state index < -0.39 is 0 Å². The molecule has 2 aliphatic heterocycles. The molecule has 2 aliphatic rings. The van der Waals surface area contributed by atoms with Crippen molar-refractivity contribution in [2.24, 2.45) is 0 Å². The number of carbonyl (C=O) groups is 1. The molecule has 1 atom stereocenters. The number of hydrogen-bond donors (Lipinski definition) is 0. The van der Waals surface area contributed by atoms with Crippen molar-refractivity contribution in [3.05, 3.63) is 65.5 Å². The maximum Gasteiger partial charge on any atom is 0.239 e. The van der Waals surface area contributed by atoms with Crippen molar-refractivity contribution in [3.63, 3.8) is 0 Å². The zero-order valence-electron chi connectivity index (χ0n) is 16.5. The summed E-state index contributed by atoms with van der Waals surface area (Å²) in [6.07, 6.45) is 1.94. The predicted octanol–water partition coefficient (Wildman–Crippen LogP) is 3.31. The smallest absolute Gasteiger partial charge is 0.239 e. The van der Waals surface area contributed by atoms with E-state index >= 15 is 0 Å². The number of benzene rings is 2. The van der Waals surface area contributed by atoms with Gasteiger partial charge in [0, 0.05) is 45.0 Å². The standard InChI is InChI=1S/C23H28FN3O/c1-18(27-14-11-19-5-2-3-6-20(19)17-27)23(28)26-13-4-12-25(15-16-26)22-9-7-21(24)8-10-22/h2-3,5-10,18H,4,11-17H2,1H3. The van der Waals surface area contributed by atoms with E-state index in [4.69, 9.17) is 0 Å². The Hall–Kier alpha value is -2.40. The highest BCUT2D eigenvalue weighted by atomic mass is 19.1. The Bertz CT molecular complexity index is 823. The summed E-state index contributed by atoms with van der Waals surface area (Å²) in [4.78, 5) is 19.7. The molecule has 0 spiro atoms. The van der Waals surface area contributed by atoms with Gasteiger partial charge in [0.05, 0.1) is 6.04 Å². The zero-order valence-corrected chi connectivity index (χ0v) is 16.5. The second kappa shape index (κ2) is 8.31. The van der Waals surface area contributed by atoms with Crippen molar-refractivity contribution in [2.45, 2.75) is 32.4 Å². The Kier molecular flexibility index (Phi) is 5.62. The molecule has 2 heterocycles. The van der Waals surface area contributed by atoms with Gasteiger partial charge in [-0.3, -0.25) is 9.69 Å². The Balaban J connectivity index is 1.37. The Morgan fingerprint density at radius 1 is 0.929 bits per heavy atom. The first-order valence-electron chi connectivity index (χ1n) is 10.2. The molecule has 5 heteroatoms. The number of anilines is 1. The molecule has 1 unspecified atom stereocenters. The van der Waals surface area contributed by atoms with E-state index in [1.54, 1.807) is 0 Å². The van der Waals surface area contributed by atoms with Gasteiger partial charge in [-0.05, 0) is 55.2 Å². The van der Waals surface area contributed by atoms with Crippen molar-refractivity contribution in [3.8, 4) is 0 Å². The molecule has 0 radical (unpaired) electrons. The van der Waals surface area contributed by atoms with Crippen LogP contribution in [-0.4, -0.2) is 54.5 Å². The third-order valence-corrected chi connectivity index (χ3v) is 6.06. The van der Waals surface area contributed by atoms with Gasteiger partial charge in [0.1, 0.15) is 5.82 Å². The molecule has 1 saturated heterocycles. The van der Waals surface area contributed by atoms with Gasteiger partial charge in [0.15, 0.2) is 0 Å². The fraction of sp³-hybridized carbons (Fsp3) is 0.435. The summed E-state index contributed by atoms with van der Waals surface area (Å²) in [7, 11) is 0. The van der Waals surface area contributed by atoms with Gasteiger partial charge in [-0.25, -0.2) is 4.39 Å². The van der Waals surface area contributed by atoms with E-state index in [1.807, 2.05) is 24.0 Å². The van der Waals surface area contributed by atoms with Gasteiger partial charge >= 0.3 is 0 Å². The average Bonchev–Trinajstić information content (AvgIpc) is 2.99. The van der Waals surface area contributed by atoms with Crippen molar-refractivity contribution >= 4 is 11.6 Å². The predicted molar refractivity (Wildman–Crippen MR) is 110 cm³/mol. The number of rotatable bonds is 3. The van der Waals surface area contributed by atoms with Gasteiger partial charge in [-0.1, -0.05) is 24.3 Å². The average molecular weight is 381 g/mol. The Morgan fingerprint density at radius 2 is 1.68 bits per heavy atom. The number of nitrogens with zero attached hydrogens (tertiary/aromatic N) is 3. The fourth-order valence-electron chi connectivity index (χ4n) is 4.32. The van der Waals surface area contributed by atoms with E-state index in [0.717, 1.165) is 51.3 Å². The molecule has 0 aromatic heterocycles. The Labute approximate surface area is 166 Å². The number of hydrogen-bond acceptors (Lipinski definition) is 3. The lowest BCUT2D eigenvalue weighted by Gasteiger charge is -2.35. The summed E-state index contributed by atoms with van der Waals surface area (Å²) in [6.45, 7) is 6.99. The quantitative estimate of drug-likeness (QED) is 0.816. The number of carbonyl (C=O) groups excluding carboxylic acids is 1. The van der Waals surface area contributed by atoms with Gasteiger partial charge in [0.25, 0.3) is 0 Å². The van der Waals surface area contributed by atoms with Crippen molar-refractivity contribution in [2.75, 3.05) is 37.6 Å². The fourth-order valence-corrected chi connectivity index (χ4v) is 4.32. The van der Waals surface area contributed by atoms with Crippen molar-refractivity contribution < 1.29 is 9.18 Å². The summed E-state index contributed by atoms with van der Waals surface area (Å²) < 4.78 is 13.2. The highest BCUT2D eigenvalue weighted by Crippen LogP contribution is 2.22. The van der Waals surface area contributed by atoms with Crippen LogP contribution in [0.5, 0.6) is 0 Å². The topological polar surface area (TPSA) is 26.8 Å². The van der Waals surface area contributed by atoms with E-state index in [0.29, 0.717) is 6.54 Å². The minimum atomic E-state index is -0.215. The van der Waals surface area contributed by atoms with Crippen LogP contribution in [0.4, 0.5) is 10.1 Å². The van der Waals surface area contributed by atoms with Gasteiger partial charge in [0.2, 0.25) is 5.91 Å². The monoisotopic (exact) mass is 381 g/mol. The molecule has 2 aromatic rings. The van der Waals surface area contributed by atoms with Gasteiger partial charge < -0.3 is 9.80 Å². The molecule has 1 fully saturated rings. The maximum atomic E-state index is 13.2. The summed E-state index contributed by atoms with van der Waals surface area (Å²) in [5, 5.41) is 0. The van der Waals surface area contributed by atoms with Crippen LogP contribution < -0.4 is 4.90 Å². The SMILES string of the molecule is CC(C(=O)N1CCCN(c2ccc(F)cc2)CC1)N1CCc2ccccc2C1. The summed E-state index contributed by atoms with van der Waals surface area (Å²) in [5.74, 6) is 0.00708. The van der Waals surface area contributed by atoms with E-state index in [1.165, 1.54) is 23.3 Å². The van der Waals surface area contributed by atoms with Crippen LogP contribution in [0.1, 0.15) is 24.5 Å². The first-order chi connectivity index (χ1) is 13.6. The van der Waals surface area contributed by atoms with Crippen LogP contribution in [0.15, 0.2) is 48.5 Å². The Morgan fingerprint density at radius 3 is 2.46 bits per heavy atom. The molecule has 0 bridgehead atoms. The highest BCUT2D eigenvalue weighted by molar-refractivity contribution is 5.81. The number of amides is 1. The number of fused-ring (bicyclic) bond motifs is 1. The van der Waals surface area contributed by atoms with Crippen LogP contribution >= 0.6 is 0 Å². The van der Waals surface area contributed by atoms with Crippen molar-refractivity contribution in [1.82, 2.24) is 9.80 Å². The molecule has 148 valence electrons. The molecule has 2 aromatic carbocycles. The molecule has 0 N–H and O–H groups in total. The molecular weight excluding hydrogens is 353 g/mol. The van der Waals surface area contributed by atoms with Crippen molar-refractivity contribution in [1.29, 1.82) is 0 Å². The lowest BCUT2D eigenvalue weighted by molar-refractivity contribution is -0.136. The molecule has 0 aliphatic carbocycles.